The molecule has 4 heteroatoms. The van der Waals surface area contributed by atoms with E-state index >= 15 is 0 Å². The average molecular weight is 276 g/mol. The van der Waals surface area contributed by atoms with E-state index in [4.69, 9.17) is 4.52 Å². The smallest absolute Gasteiger partial charge is 0.228 e. The standard InChI is InChI=1S/C16H24N2O2/c19-15(12-14-6-11-20-17-14)18-10-5-9-16(13-18)7-3-1-2-4-8-16/h6,11H,1-5,7-10,12-13H2. The van der Waals surface area contributed by atoms with Crippen LogP contribution in [-0.2, 0) is 11.2 Å². The van der Waals surface area contributed by atoms with Gasteiger partial charge < -0.3 is 9.42 Å². The van der Waals surface area contributed by atoms with Crippen molar-refractivity contribution in [1.82, 2.24) is 10.1 Å². The first-order chi connectivity index (χ1) is 9.77. The number of hydrogen-bond donors (Lipinski definition) is 0. The first kappa shape index (κ1) is 13.7. The average Bonchev–Trinajstić information content (AvgIpc) is 2.86. The van der Waals surface area contributed by atoms with Gasteiger partial charge in [-0.1, -0.05) is 30.8 Å². The summed E-state index contributed by atoms with van der Waals surface area (Å²) in [5, 5.41) is 3.85. The molecule has 0 atom stereocenters. The summed E-state index contributed by atoms with van der Waals surface area (Å²) >= 11 is 0. The number of aromatic nitrogens is 1. The lowest BCUT2D eigenvalue weighted by molar-refractivity contribution is -0.134. The SMILES string of the molecule is O=C(Cc1ccon1)N1CCCC2(CCCCCC2)C1. The van der Waals surface area contributed by atoms with Crippen molar-refractivity contribution in [3.8, 4) is 0 Å². The molecule has 0 aromatic carbocycles. The Morgan fingerprint density at radius 1 is 1.20 bits per heavy atom. The summed E-state index contributed by atoms with van der Waals surface area (Å²) in [5.41, 5.74) is 1.16. The van der Waals surface area contributed by atoms with Crippen LogP contribution < -0.4 is 0 Å². The van der Waals surface area contributed by atoms with Gasteiger partial charge in [0, 0.05) is 19.2 Å². The van der Waals surface area contributed by atoms with E-state index in [-0.39, 0.29) is 5.91 Å². The molecule has 110 valence electrons. The third-order valence-corrected chi connectivity index (χ3v) is 5.00. The molecule has 1 aromatic heterocycles. The molecular formula is C16H24N2O2. The zero-order valence-electron chi connectivity index (χ0n) is 12.1. The minimum absolute atomic E-state index is 0.210. The van der Waals surface area contributed by atoms with Gasteiger partial charge in [0.1, 0.15) is 6.26 Å². The molecule has 2 heterocycles. The van der Waals surface area contributed by atoms with Crippen LogP contribution in [0.3, 0.4) is 0 Å². The van der Waals surface area contributed by atoms with Crippen LogP contribution in [-0.4, -0.2) is 29.1 Å². The molecule has 1 amide bonds. The van der Waals surface area contributed by atoms with Crippen LogP contribution in [0, 0.1) is 5.41 Å². The Hall–Kier alpha value is -1.32. The Morgan fingerprint density at radius 3 is 2.65 bits per heavy atom. The lowest BCUT2D eigenvalue weighted by Crippen LogP contribution is -2.46. The first-order valence-corrected chi connectivity index (χ1v) is 7.95. The lowest BCUT2D eigenvalue weighted by Gasteiger charge is -2.42. The Morgan fingerprint density at radius 2 is 1.95 bits per heavy atom. The fourth-order valence-corrected chi connectivity index (χ4v) is 3.90. The van der Waals surface area contributed by atoms with E-state index in [0.717, 1.165) is 25.2 Å². The number of rotatable bonds is 2. The fourth-order valence-electron chi connectivity index (χ4n) is 3.90. The minimum Gasteiger partial charge on any atom is -0.364 e. The Labute approximate surface area is 120 Å². The molecule has 1 aliphatic carbocycles. The number of nitrogens with zero attached hydrogens (tertiary/aromatic N) is 2. The van der Waals surface area contributed by atoms with Crippen LogP contribution in [0.4, 0.5) is 0 Å². The van der Waals surface area contributed by atoms with E-state index in [2.05, 4.69) is 10.1 Å². The van der Waals surface area contributed by atoms with Crippen LogP contribution in [0.15, 0.2) is 16.9 Å². The number of amides is 1. The maximum absolute atomic E-state index is 12.4. The van der Waals surface area contributed by atoms with Crippen LogP contribution in [0.5, 0.6) is 0 Å². The molecule has 0 bridgehead atoms. The second-order valence-corrected chi connectivity index (χ2v) is 6.50. The molecule has 1 saturated carbocycles. The van der Waals surface area contributed by atoms with E-state index in [1.165, 1.54) is 51.2 Å². The second kappa shape index (κ2) is 5.98. The predicted octanol–water partition coefficient (Wildman–Crippen LogP) is 3.18. The summed E-state index contributed by atoms with van der Waals surface area (Å²) in [6.45, 7) is 1.88. The van der Waals surface area contributed by atoms with E-state index in [1.807, 2.05) is 0 Å². The van der Waals surface area contributed by atoms with Gasteiger partial charge in [0.25, 0.3) is 0 Å². The molecule has 3 rings (SSSR count). The maximum Gasteiger partial charge on any atom is 0.228 e. The normalized spacial score (nSPS) is 22.7. The van der Waals surface area contributed by atoms with Crippen LogP contribution in [0.1, 0.15) is 57.1 Å². The van der Waals surface area contributed by atoms with Gasteiger partial charge in [0.05, 0.1) is 12.1 Å². The van der Waals surface area contributed by atoms with Gasteiger partial charge >= 0.3 is 0 Å². The zero-order valence-corrected chi connectivity index (χ0v) is 12.1. The van der Waals surface area contributed by atoms with Crippen LogP contribution in [0.2, 0.25) is 0 Å². The number of carbonyl (C=O) groups is 1. The van der Waals surface area contributed by atoms with E-state index < -0.39 is 0 Å². The van der Waals surface area contributed by atoms with E-state index in [0.29, 0.717) is 11.8 Å². The number of piperidine rings is 1. The predicted molar refractivity (Wildman–Crippen MR) is 76.2 cm³/mol. The number of carbonyl (C=O) groups excluding carboxylic acids is 1. The van der Waals surface area contributed by atoms with Crippen LogP contribution >= 0.6 is 0 Å². The molecular weight excluding hydrogens is 252 g/mol. The monoisotopic (exact) mass is 276 g/mol. The quantitative estimate of drug-likeness (QED) is 0.833. The largest absolute Gasteiger partial charge is 0.364 e. The van der Waals surface area contributed by atoms with Crippen molar-refractivity contribution in [1.29, 1.82) is 0 Å². The summed E-state index contributed by atoms with van der Waals surface area (Å²) in [6.07, 6.45) is 12.4. The summed E-state index contributed by atoms with van der Waals surface area (Å²) in [7, 11) is 0. The van der Waals surface area contributed by atoms with Gasteiger partial charge in [-0.25, -0.2) is 0 Å². The maximum atomic E-state index is 12.4. The van der Waals surface area contributed by atoms with Gasteiger partial charge in [-0.3, -0.25) is 4.79 Å². The molecule has 1 aliphatic heterocycles. The highest BCUT2D eigenvalue weighted by Gasteiger charge is 2.37. The van der Waals surface area contributed by atoms with Gasteiger partial charge in [0.2, 0.25) is 5.91 Å². The molecule has 20 heavy (non-hydrogen) atoms. The van der Waals surface area contributed by atoms with Crippen molar-refractivity contribution in [3.05, 3.63) is 18.0 Å². The number of likely N-dealkylation sites (tertiary alicyclic amines) is 1. The summed E-state index contributed by atoms with van der Waals surface area (Å²) in [5.74, 6) is 0.210. The van der Waals surface area contributed by atoms with Crippen molar-refractivity contribution in [3.63, 3.8) is 0 Å². The van der Waals surface area contributed by atoms with Gasteiger partial charge in [-0.05, 0) is 31.1 Å². The molecule has 1 saturated heterocycles. The molecule has 2 fully saturated rings. The van der Waals surface area contributed by atoms with Gasteiger partial charge in [-0.15, -0.1) is 0 Å². The summed E-state index contributed by atoms with van der Waals surface area (Å²) in [6, 6.07) is 1.78. The highest BCUT2D eigenvalue weighted by molar-refractivity contribution is 5.78. The zero-order chi connectivity index (χ0) is 13.8. The molecule has 0 unspecified atom stereocenters. The van der Waals surface area contributed by atoms with Crippen LogP contribution in [0.25, 0.3) is 0 Å². The molecule has 1 spiro atoms. The minimum atomic E-state index is 0.210. The topological polar surface area (TPSA) is 46.3 Å². The molecule has 0 N–H and O–H groups in total. The third-order valence-electron chi connectivity index (χ3n) is 5.00. The van der Waals surface area contributed by atoms with Crippen molar-refractivity contribution in [2.24, 2.45) is 5.41 Å². The van der Waals surface area contributed by atoms with Crippen molar-refractivity contribution >= 4 is 5.91 Å². The van der Waals surface area contributed by atoms with E-state index in [9.17, 15) is 4.79 Å². The van der Waals surface area contributed by atoms with Crippen molar-refractivity contribution in [2.45, 2.75) is 57.8 Å². The Bertz CT molecular complexity index is 433. The van der Waals surface area contributed by atoms with Gasteiger partial charge in [-0.2, -0.15) is 0 Å². The fraction of sp³-hybridized carbons (Fsp3) is 0.750. The second-order valence-electron chi connectivity index (χ2n) is 6.50. The highest BCUT2D eigenvalue weighted by Crippen LogP contribution is 2.42. The highest BCUT2D eigenvalue weighted by atomic mass is 16.5. The lowest BCUT2D eigenvalue weighted by atomic mass is 9.74. The molecule has 0 radical (unpaired) electrons. The molecule has 1 aromatic rings. The Balaban J connectivity index is 1.63. The number of hydrogen-bond acceptors (Lipinski definition) is 3. The Kier molecular flexibility index (Phi) is 4.08. The van der Waals surface area contributed by atoms with Crippen molar-refractivity contribution in [2.75, 3.05) is 13.1 Å². The van der Waals surface area contributed by atoms with Gasteiger partial charge in [0.15, 0.2) is 0 Å². The third kappa shape index (κ3) is 3.05. The van der Waals surface area contributed by atoms with E-state index in [1.54, 1.807) is 6.07 Å². The van der Waals surface area contributed by atoms with Crippen molar-refractivity contribution < 1.29 is 9.32 Å². The molecule has 4 nitrogen and oxygen atoms in total. The summed E-state index contributed by atoms with van der Waals surface area (Å²) < 4.78 is 4.81. The first-order valence-electron chi connectivity index (χ1n) is 7.95. The summed E-state index contributed by atoms with van der Waals surface area (Å²) in [4.78, 5) is 14.5. The molecule has 2 aliphatic rings.